The molecule has 1 saturated heterocycles. The van der Waals surface area contributed by atoms with Crippen LogP contribution in [0.1, 0.15) is 35.4 Å². The molecule has 2 aromatic rings. The van der Waals surface area contributed by atoms with Crippen molar-refractivity contribution >= 4 is 11.4 Å². The largest absolute Gasteiger partial charge is 0.371 e. The zero-order valence-electron chi connectivity index (χ0n) is 14.0. The molecule has 4 nitrogen and oxygen atoms in total. The van der Waals surface area contributed by atoms with Gasteiger partial charge in [-0.25, -0.2) is 4.39 Å². The lowest BCUT2D eigenvalue weighted by Gasteiger charge is -2.34. The molecule has 0 spiro atoms. The number of nitro groups is 1. The molecular weight excluding hydrogens is 307 g/mol. The number of rotatable bonds is 3. The summed E-state index contributed by atoms with van der Waals surface area (Å²) in [6.45, 7) is 5.39. The van der Waals surface area contributed by atoms with Gasteiger partial charge in [0.15, 0.2) is 0 Å². The Morgan fingerprint density at radius 1 is 1.08 bits per heavy atom. The Kier molecular flexibility index (Phi) is 4.51. The molecular formula is C19H21FN2O2. The van der Waals surface area contributed by atoms with Crippen LogP contribution in [0.4, 0.5) is 15.8 Å². The molecule has 0 amide bonds. The van der Waals surface area contributed by atoms with Gasteiger partial charge in [0.05, 0.1) is 4.92 Å². The first-order chi connectivity index (χ1) is 11.5. The number of halogens is 1. The first-order valence-electron chi connectivity index (χ1n) is 8.22. The Labute approximate surface area is 141 Å². The van der Waals surface area contributed by atoms with Crippen molar-refractivity contribution in [2.45, 2.75) is 32.6 Å². The van der Waals surface area contributed by atoms with E-state index in [1.54, 1.807) is 13.8 Å². The minimum Gasteiger partial charge on any atom is -0.371 e. The summed E-state index contributed by atoms with van der Waals surface area (Å²) in [6, 6.07) is 10.6. The lowest BCUT2D eigenvalue weighted by Crippen LogP contribution is -2.33. The second-order valence-corrected chi connectivity index (χ2v) is 6.50. The van der Waals surface area contributed by atoms with Gasteiger partial charge in [0.2, 0.25) is 0 Å². The third kappa shape index (κ3) is 3.25. The average Bonchev–Trinajstić information content (AvgIpc) is 2.54. The van der Waals surface area contributed by atoms with Crippen molar-refractivity contribution in [3.05, 3.63) is 69.0 Å². The zero-order chi connectivity index (χ0) is 17.3. The summed E-state index contributed by atoms with van der Waals surface area (Å²) in [5.41, 5.74) is 3.85. The van der Waals surface area contributed by atoms with Crippen LogP contribution in [-0.2, 0) is 0 Å². The van der Waals surface area contributed by atoms with E-state index in [0.29, 0.717) is 17.0 Å². The van der Waals surface area contributed by atoms with Crippen LogP contribution in [0.5, 0.6) is 0 Å². The maximum atomic E-state index is 13.0. The molecule has 3 rings (SSSR count). The van der Waals surface area contributed by atoms with Crippen LogP contribution < -0.4 is 4.90 Å². The van der Waals surface area contributed by atoms with E-state index in [1.807, 2.05) is 24.3 Å². The van der Waals surface area contributed by atoms with Crippen LogP contribution in [0.15, 0.2) is 36.4 Å². The summed E-state index contributed by atoms with van der Waals surface area (Å²) in [5.74, 6) is 0.245. The smallest absolute Gasteiger partial charge is 0.275 e. The fraction of sp³-hybridized carbons (Fsp3) is 0.368. The monoisotopic (exact) mass is 328 g/mol. The third-order valence-electron chi connectivity index (χ3n) is 4.86. The van der Waals surface area contributed by atoms with E-state index in [-0.39, 0.29) is 16.4 Å². The lowest BCUT2D eigenvalue weighted by molar-refractivity contribution is -0.386. The molecule has 126 valence electrons. The Morgan fingerprint density at radius 3 is 2.12 bits per heavy atom. The number of piperidine rings is 1. The molecule has 24 heavy (non-hydrogen) atoms. The highest BCUT2D eigenvalue weighted by Gasteiger charge is 2.23. The van der Waals surface area contributed by atoms with Crippen molar-refractivity contribution in [1.82, 2.24) is 0 Å². The van der Waals surface area contributed by atoms with E-state index in [1.165, 1.54) is 17.7 Å². The summed E-state index contributed by atoms with van der Waals surface area (Å²) in [4.78, 5) is 13.1. The Hall–Kier alpha value is -2.43. The highest BCUT2D eigenvalue weighted by atomic mass is 19.1. The molecule has 0 saturated carbocycles. The van der Waals surface area contributed by atoms with Crippen molar-refractivity contribution in [3.63, 3.8) is 0 Å². The van der Waals surface area contributed by atoms with Crippen molar-refractivity contribution < 1.29 is 9.31 Å². The average molecular weight is 328 g/mol. The quantitative estimate of drug-likeness (QED) is 0.604. The van der Waals surface area contributed by atoms with Crippen molar-refractivity contribution in [1.29, 1.82) is 0 Å². The van der Waals surface area contributed by atoms with Crippen molar-refractivity contribution in [2.75, 3.05) is 18.0 Å². The summed E-state index contributed by atoms with van der Waals surface area (Å²) < 4.78 is 13.0. The predicted octanol–water partition coefficient (Wildman–Crippen LogP) is 4.73. The normalized spacial score (nSPS) is 15.5. The highest BCUT2D eigenvalue weighted by molar-refractivity contribution is 5.60. The molecule has 0 unspecified atom stereocenters. The van der Waals surface area contributed by atoms with Gasteiger partial charge in [0.25, 0.3) is 5.69 Å². The van der Waals surface area contributed by atoms with E-state index in [9.17, 15) is 14.5 Å². The zero-order valence-corrected chi connectivity index (χ0v) is 14.0. The maximum Gasteiger partial charge on any atom is 0.275 e. The molecule has 0 aliphatic carbocycles. The number of benzene rings is 2. The Morgan fingerprint density at radius 2 is 1.62 bits per heavy atom. The standard InChI is InChI=1S/C19H21FN2O2/c1-13-11-18(12-14(2)19(13)22(23)24)21-9-7-16(8-10-21)15-3-5-17(20)6-4-15/h3-6,11-12,16H,7-10H2,1-2H3. The van der Waals surface area contributed by atoms with Gasteiger partial charge in [0.1, 0.15) is 5.82 Å². The van der Waals surface area contributed by atoms with E-state index in [0.717, 1.165) is 31.6 Å². The third-order valence-corrected chi connectivity index (χ3v) is 4.86. The summed E-state index contributed by atoms with van der Waals surface area (Å²) in [5, 5.41) is 11.1. The SMILES string of the molecule is Cc1cc(N2CCC(c3ccc(F)cc3)CC2)cc(C)c1[N+](=O)[O-]. The Bertz CT molecular complexity index is 727. The van der Waals surface area contributed by atoms with E-state index < -0.39 is 0 Å². The highest BCUT2D eigenvalue weighted by Crippen LogP contribution is 2.33. The molecule has 0 aromatic heterocycles. The second-order valence-electron chi connectivity index (χ2n) is 6.50. The van der Waals surface area contributed by atoms with E-state index in [4.69, 9.17) is 0 Å². The van der Waals surface area contributed by atoms with Crippen molar-refractivity contribution in [2.24, 2.45) is 0 Å². The number of anilines is 1. The molecule has 1 aliphatic heterocycles. The number of hydrogen-bond acceptors (Lipinski definition) is 3. The van der Waals surface area contributed by atoms with E-state index in [2.05, 4.69) is 4.90 Å². The maximum absolute atomic E-state index is 13.0. The molecule has 5 heteroatoms. The minimum absolute atomic E-state index is 0.201. The van der Waals surface area contributed by atoms with Gasteiger partial charge < -0.3 is 4.90 Å². The van der Waals surface area contributed by atoms with Gasteiger partial charge in [-0.15, -0.1) is 0 Å². The van der Waals surface area contributed by atoms with Crippen LogP contribution in [-0.4, -0.2) is 18.0 Å². The molecule has 0 radical (unpaired) electrons. The van der Waals surface area contributed by atoms with Crippen LogP contribution in [0.25, 0.3) is 0 Å². The van der Waals surface area contributed by atoms with Crippen LogP contribution in [0.3, 0.4) is 0 Å². The van der Waals surface area contributed by atoms with Crippen LogP contribution >= 0.6 is 0 Å². The fourth-order valence-electron chi connectivity index (χ4n) is 3.61. The van der Waals surface area contributed by atoms with Crippen LogP contribution in [0, 0.1) is 29.8 Å². The van der Waals surface area contributed by atoms with Gasteiger partial charge in [-0.2, -0.15) is 0 Å². The summed E-state index contributed by atoms with van der Waals surface area (Å²) in [6.07, 6.45) is 2.00. The lowest BCUT2D eigenvalue weighted by atomic mass is 9.89. The number of nitro benzene ring substituents is 1. The minimum atomic E-state index is -0.310. The van der Waals surface area contributed by atoms with Gasteiger partial charge in [-0.3, -0.25) is 10.1 Å². The van der Waals surface area contributed by atoms with Crippen molar-refractivity contribution in [3.8, 4) is 0 Å². The fourth-order valence-corrected chi connectivity index (χ4v) is 3.61. The predicted molar refractivity (Wildman–Crippen MR) is 93.2 cm³/mol. The molecule has 1 aliphatic rings. The molecule has 2 aromatic carbocycles. The summed E-state index contributed by atoms with van der Waals surface area (Å²) in [7, 11) is 0. The first kappa shape index (κ1) is 16.4. The topological polar surface area (TPSA) is 46.4 Å². The van der Waals surface area contributed by atoms with Gasteiger partial charge >= 0.3 is 0 Å². The Balaban J connectivity index is 1.73. The van der Waals surface area contributed by atoms with Crippen LogP contribution in [0.2, 0.25) is 0 Å². The number of aryl methyl sites for hydroxylation is 2. The number of hydrogen-bond donors (Lipinski definition) is 0. The molecule has 1 heterocycles. The van der Waals surface area contributed by atoms with Gasteiger partial charge in [-0.05, 0) is 62.4 Å². The van der Waals surface area contributed by atoms with Gasteiger partial charge in [0, 0.05) is 29.9 Å². The molecule has 1 fully saturated rings. The molecule has 0 atom stereocenters. The van der Waals surface area contributed by atoms with E-state index >= 15 is 0 Å². The molecule has 0 N–H and O–H groups in total. The first-order valence-corrected chi connectivity index (χ1v) is 8.22. The number of nitrogens with zero attached hydrogens (tertiary/aromatic N) is 2. The second kappa shape index (κ2) is 6.59. The molecule has 0 bridgehead atoms. The van der Waals surface area contributed by atoms with Gasteiger partial charge in [-0.1, -0.05) is 12.1 Å². The summed E-state index contributed by atoms with van der Waals surface area (Å²) >= 11 is 0.